The van der Waals surface area contributed by atoms with Crippen molar-refractivity contribution in [2.45, 2.75) is 43.9 Å². The van der Waals surface area contributed by atoms with Gasteiger partial charge in [0, 0.05) is 32.6 Å². The van der Waals surface area contributed by atoms with Gasteiger partial charge in [0.2, 0.25) is 15.9 Å². The van der Waals surface area contributed by atoms with Gasteiger partial charge in [-0.25, -0.2) is 13.4 Å². The Balaban J connectivity index is 1.60. The van der Waals surface area contributed by atoms with Crippen molar-refractivity contribution in [1.29, 1.82) is 0 Å². The first-order valence-corrected chi connectivity index (χ1v) is 12.0. The molecular weight excluding hydrogens is 421 g/mol. The molecule has 2 aliphatic heterocycles. The third-order valence-corrected chi connectivity index (χ3v) is 8.39. The van der Waals surface area contributed by atoms with Gasteiger partial charge in [-0.15, -0.1) is 0 Å². The number of hydrazine groups is 1. The zero-order chi connectivity index (χ0) is 20.3. The molecule has 0 spiro atoms. The topological polar surface area (TPSA) is 69.7 Å². The molecule has 1 aromatic carbocycles. The van der Waals surface area contributed by atoms with Crippen LogP contribution < -0.4 is 5.43 Å². The van der Waals surface area contributed by atoms with Crippen LogP contribution in [0.25, 0.3) is 0 Å². The van der Waals surface area contributed by atoms with Crippen molar-refractivity contribution < 1.29 is 13.2 Å². The Labute approximate surface area is 177 Å². The number of sulfonamides is 1. The number of carbonyl (C=O) groups excluding carboxylic acids is 1. The molecular formula is C19H27Cl2N3O3S. The first-order valence-electron chi connectivity index (χ1n) is 9.76. The summed E-state index contributed by atoms with van der Waals surface area (Å²) in [7, 11) is -3.74. The second-order valence-electron chi connectivity index (χ2n) is 7.83. The van der Waals surface area contributed by atoms with E-state index in [2.05, 4.69) is 12.3 Å². The van der Waals surface area contributed by atoms with Gasteiger partial charge in [0.15, 0.2) is 0 Å². The molecule has 2 heterocycles. The zero-order valence-corrected chi connectivity index (χ0v) is 18.4. The van der Waals surface area contributed by atoms with Crippen molar-refractivity contribution in [3.05, 3.63) is 28.2 Å². The number of amides is 1. The lowest BCUT2D eigenvalue weighted by atomic mass is 9.96. The van der Waals surface area contributed by atoms with Gasteiger partial charge in [-0.1, -0.05) is 36.2 Å². The normalized spacial score (nSPS) is 22.9. The molecule has 1 unspecified atom stereocenters. The van der Waals surface area contributed by atoms with Crippen LogP contribution in [0.1, 0.15) is 39.0 Å². The van der Waals surface area contributed by atoms with Gasteiger partial charge < -0.3 is 0 Å². The molecule has 0 aliphatic carbocycles. The third-order valence-electron chi connectivity index (χ3n) is 5.56. The predicted octanol–water partition coefficient (Wildman–Crippen LogP) is 3.55. The molecule has 6 nitrogen and oxygen atoms in total. The molecule has 28 heavy (non-hydrogen) atoms. The van der Waals surface area contributed by atoms with E-state index in [0.29, 0.717) is 25.4 Å². The summed E-state index contributed by atoms with van der Waals surface area (Å²) < 4.78 is 27.5. The molecule has 0 saturated carbocycles. The molecule has 1 N–H and O–H groups in total. The quantitative estimate of drug-likeness (QED) is 0.748. The van der Waals surface area contributed by atoms with E-state index in [9.17, 15) is 13.2 Å². The first kappa shape index (κ1) is 21.8. The first-order chi connectivity index (χ1) is 13.3. The molecule has 2 aliphatic rings. The molecule has 1 amide bonds. The summed E-state index contributed by atoms with van der Waals surface area (Å²) in [6, 6.07) is 4.61. The Hall–Kier alpha value is -0.860. The van der Waals surface area contributed by atoms with E-state index < -0.39 is 10.0 Å². The summed E-state index contributed by atoms with van der Waals surface area (Å²) in [6.45, 7) is 4.70. The summed E-state index contributed by atoms with van der Waals surface area (Å²) in [5.41, 5.74) is 2.98. The predicted molar refractivity (Wildman–Crippen MR) is 111 cm³/mol. The van der Waals surface area contributed by atoms with Gasteiger partial charge in [0.05, 0.1) is 10.0 Å². The summed E-state index contributed by atoms with van der Waals surface area (Å²) in [4.78, 5) is 12.4. The highest BCUT2D eigenvalue weighted by Crippen LogP contribution is 2.33. The van der Waals surface area contributed by atoms with Crippen LogP contribution in [0.4, 0.5) is 0 Å². The lowest BCUT2D eigenvalue weighted by Gasteiger charge is -2.33. The standard InChI is InChI=1S/C19H27Cl2N3O3S/c1-14-7-10-23(11-8-14)22-18(25)12-15-4-3-9-24(13-15)28(26,27)17-6-2-5-16(20)19(17)21/h2,5-6,14-15H,3-4,7-13H2,1H3,(H,22,25). The molecule has 3 rings (SSSR count). The van der Waals surface area contributed by atoms with Gasteiger partial charge in [0.1, 0.15) is 4.90 Å². The molecule has 1 atom stereocenters. The van der Waals surface area contributed by atoms with E-state index in [0.717, 1.165) is 38.8 Å². The summed E-state index contributed by atoms with van der Waals surface area (Å²) >= 11 is 12.1. The lowest BCUT2D eigenvalue weighted by Crippen LogP contribution is -2.48. The Morgan fingerprint density at radius 3 is 2.61 bits per heavy atom. The number of nitrogens with one attached hydrogen (secondary N) is 1. The number of carbonyl (C=O) groups is 1. The lowest BCUT2D eigenvalue weighted by molar-refractivity contribution is -0.127. The highest BCUT2D eigenvalue weighted by Gasteiger charge is 2.33. The van der Waals surface area contributed by atoms with E-state index in [-0.39, 0.29) is 26.8 Å². The van der Waals surface area contributed by atoms with Crippen molar-refractivity contribution >= 4 is 39.1 Å². The molecule has 1 aromatic rings. The molecule has 2 saturated heterocycles. The van der Waals surface area contributed by atoms with Crippen molar-refractivity contribution in [3.63, 3.8) is 0 Å². The number of hydrogen-bond acceptors (Lipinski definition) is 4. The highest BCUT2D eigenvalue weighted by atomic mass is 35.5. The maximum Gasteiger partial charge on any atom is 0.244 e. The van der Waals surface area contributed by atoms with Crippen LogP contribution in [0.2, 0.25) is 10.0 Å². The number of hydrogen-bond donors (Lipinski definition) is 1. The van der Waals surface area contributed by atoms with Crippen LogP contribution in [0.5, 0.6) is 0 Å². The SMILES string of the molecule is CC1CCN(NC(=O)CC2CCCN(S(=O)(=O)c3cccc(Cl)c3Cl)C2)CC1. The van der Waals surface area contributed by atoms with E-state index in [1.807, 2.05) is 5.01 Å². The van der Waals surface area contributed by atoms with Crippen LogP contribution in [0.15, 0.2) is 23.1 Å². The maximum atomic E-state index is 13.0. The van der Waals surface area contributed by atoms with E-state index in [4.69, 9.17) is 23.2 Å². The minimum Gasteiger partial charge on any atom is -0.289 e. The van der Waals surface area contributed by atoms with Gasteiger partial charge in [0.25, 0.3) is 0 Å². The number of nitrogens with zero attached hydrogens (tertiary/aromatic N) is 2. The average molecular weight is 448 g/mol. The fourth-order valence-corrected chi connectivity index (χ4v) is 6.13. The van der Waals surface area contributed by atoms with Gasteiger partial charge in [-0.05, 0) is 49.7 Å². The van der Waals surface area contributed by atoms with Crippen LogP contribution >= 0.6 is 23.2 Å². The molecule has 0 aromatic heterocycles. The minimum absolute atomic E-state index is 0.00908. The van der Waals surface area contributed by atoms with Crippen molar-refractivity contribution in [3.8, 4) is 0 Å². The molecule has 9 heteroatoms. The number of benzene rings is 1. The monoisotopic (exact) mass is 447 g/mol. The molecule has 0 bridgehead atoms. The Morgan fingerprint density at radius 1 is 1.18 bits per heavy atom. The van der Waals surface area contributed by atoms with Crippen LogP contribution in [-0.2, 0) is 14.8 Å². The number of halogens is 2. The fourth-order valence-electron chi connectivity index (χ4n) is 3.84. The minimum atomic E-state index is -3.74. The zero-order valence-electron chi connectivity index (χ0n) is 16.0. The van der Waals surface area contributed by atoms with Crippen LogP contribution in [0.3, 0.4) is 0 Å². The van der Waals surface area contributed by atoms with Gasteiger partial charge in [-0.2, -0.15) is 4.31 Å². The highest BCUT2D eigenvalue weighted by molar-refractivity contribution is 7.89. The Bertz CT molecular complexity index is 811. The van der Waals surface area contributed by atoms with Crippen LogP contribution in [0, 0.1) is 11.8 Å². The van der Waals surface area contributed by atoms with Crippen molar-refractivity contribution in [2.24, 2.45) is 11.8 Å². The molecule has 156 valence electrons. The van der Waals surface area contributed by atoms with Gasteiger partial charge >= 0.3 is 0 Å². The number of rotatable bonds is 5. The largest absolute Gasteiger partial charge is 0.289 e. The smallest absolute Gasteiger partial charge is 0.244 e. The van der Waals surface area contributed by atoms with E-state index in [1.54, 1.807) is 12.1 Å². The summed E-state index contributed by atoms with van der Waals surface area (Å²) in [5.74, 6) is 0.647. The second kappa shape index (κ2) is 9.30. The second-order valence-corrected chi connectivity index (χ2v) is 10.5. The van der Waals surface area contributed by atoms with Crippen molar-refractivity contribution in [1.82, 2.24) is 14.7 Å². The molecule has 0 radical (unpaired) electrons. The summed E-state index contributed by atoms with van der Waals surface area (Å²) in [5, 5.41) is 2.24. The average Bonchev–Trinajstić information content (AvgIpc) is 2.66. The Kier molecular flexibility index (Phi) is 7.26. The Morgan fingerprint density at radius 2 is 1.89 bits per heavy atom. The van der Waals surface area contributed by atoms with Crippen molar-refractivity contribution in [2.75, 3.05) is 26.2 Å². The molecule has 2 fully saturated rings. The van der Waals surface area contributed by atoms with E-state index >= 15 is 0 Å². The van der Waals surface area contributed by atoms with E-state index in [1.165, 1.54) is 10.4 Å². The number of piperidine rings is 2. The fraction of sp³-hybridized carbons (Fsp3) is 0.632. The maximum absolute atomic E-state index is 13.0. The van der Waals surface area contributed by atoms with Crippen LogP contribution in [-0.4, -0.2) is 49.8 Å². The van der Waals surface area contributed by atoms with Gasteiger partial charge in [-0.3, -0.25) is 10.2 Å². The third kappa shape index (κ3) is 5.19. The summed E-state index contributed by atoms with van der Waals surface area (Å²) in [6.07, 6.45) is 4.03.